The zero-order valence-corrected chi connectivity index (χ0v) is 11.1. The molecule has 2 aromatic carbocycles. The molecule has 102 valence electrons. The van der Waals surface area contributed by atoms with Crippen molar-refractivity contribution in [2.24, 2.45) is 5.73 Å². The summed E-state index contributed by atoms with van der Waals surface area (Å²) in [6.07, 6.45) is 0. The molecule has 6 heteroatoms. The van der Waals surface area contributed by atoms with Crippen molar-refractivity contribution in [2.75, 3.05) is 5.32 Å². The molecule has 0 unspecified atom stereocenters. The van der Waals surface area contributed by atoms with Gasteiger partial charge in [0, 0.05) is 5.69 Å². The minimum absolute atomic E-state index is 0.271. The molecular weight excluding hydrogens is 280 g/mol. The fraction of sp³-hybridized carbons (Fsp3) is 0. The van der Waals surface area contributed by atoms with E-state index in [2.05, 4.69) is 5.32 Å². The molecule has 5 nitrogen and oxygen atoms in total. The van der Waals surface area contributed by atoms with Gasteiger partial charge in [-0.1, -0.05) is 29.8 Å². The predicted molar refractivity (Wildman–Crippen MR) is 76.1 cm³/mol. The normalized spacial score (nSPS) is 9.85. The summed E-state index contributed by atoms with van der Waals surface area (Å²) >= 11 is 5.91. The van der Waals surface area contributed by atoms with Crippen molar-refractivity contribution in [1.29, 1.82) is 0 Å². The van der Waals surface area contributed by atoms with E-state index in [0.29, 0.717) is 10.7 Å². The molecule has 0 heterocycles. The van der Waals surface area contributed by atoms with Crippen LogP contribution in [0.1, 0.15) is 10.4 Å². The zero-order chi connectivity index (χ0) is 14.5. The van der Waals surface area contributed by atoms with Gasteiger partial charge in [0.25, 0.3) is 0 Å². The fourth-order valence-corrected chi connectivity index (χ4v) is 1.73. The molecule has 20 heavy (non-hydrogen) atoms. The number of rotatable bonds is 3. The molecule has 0 aliphatic rings. The van der Waals surface area contributed by atoms with E-state index in [0.717, 1.165) is 0 Å². The van der Waals surface area contributed by atoms with Crippen molar-refractivity contribution < 1.29 is 14.3 Å². The van der Waals surface area contributed by atoms with Gasteiger partial charge in [-0.15, -0.1) is 0 Å². The Morgan fingerprint density at radius 2 is 1.85 bits per heavy atom. The highest BCUT2D eigenvalue weighted by Crippen LogP contribution is 2.24. The Hall–Kier alpha value is -2.53. The van der Waals surface area contributed by atoms with Gasteiger partial charge in [-0.2, -0.15) is 0 Å². The first kappa shape index (κ1) is 13.9. The van der Waals surface area contributed by atoms with E-state index in [4.69, 9.17) is 22.1 Å². The largest absolute Gasteiger partial charge is 0.421 e. The summed E-state index contributed by atoms with van der Waals surface area (Å²) in [5.74, 6) is -0.307. The van der Waals surface area contributed by atoms with E-state index in [1.165, 1.54) is 6.07 Å². The highest BCUT2D eigenvalue weighted by Gasteiger charge is 2.11. The van der Waals surface area contributed by atoms with Crippen molar-refractivity contribution in [3.63, 3.8) is 0 Å². The first-order valence-electron chi connectivity index (χ1n) is 5.69. The summed E-state index contributed by atoms with van der Waals surface area (Å²) in [4.78, 5) is 22.7. The number of carbonyl (C=O) groups is 2. The lowest BCUT2D eigenvalue weighted by molar-refractivity contribution is 0.0735. The van der Waals surface area contributed by atoms with Crippen molar-refractivity contribution in [3.8, 4) is 5.75 Å². The molecule has 2 rings (SSSR count). The lowest BCUT2D eigenvalue weighted by atomic mass is 10.2. The Morgan fingerprint density at radius 1 is 1.10 bits per heavy atom. The molecule has 0 fully saturated rings. The molecule has 3 N–H and O–H groups in total. The number of nitrogens with one attached hydrogen (secondary N) is 1. The first-order chi connectivity index (χ1) is 9.56. The van der Waals surface area contributed by atoms with Crippen LogP contribution in [0.5, 0.6) is 5.75 Å². The highest BCUT2D eigenvalue weighted by atomic mass is 35.5. The average molecular weight is 291 g/mol. The number of carbonyl (C=O) groups excluding carboxylic acids is 2. The van der Waals surface area contributed by atoms with Crippen LogP contribution < -0.4 is 15.8 Å². The molecule has 0 bridgehead atoms. The average Bonchev–Trinajstić information content (AvgIpc) is 2.41. The van der Waals surface area contributed by atoms with Gasteiger partial charge in [0.15, 0.2) is 0 Å². The van der Waals surface area contributed by atoms with Gasteiger partial charge >= 0.3 is 12.0 Å². The van der Waals surface area contributed by atoms with Gasteiger partial charge in [-0.05, 0) is 30.3 Å². The topological polar surface area (TPSA) is 81.4 Å². The third kappa shape index (κ3) is 3.49. The quantitative estimate of drug-likeness (QED) is 0.673. The standard InChI is InChI=1S/C14H11ClN2O3/c15-11-6-1-2-7-12(11)20-13(18)9-4-3-5-10(8-9)17-14(16)19/h1-8H,(H3,16,17,19). The van der Waals surface area contributed by atoms with Crippen LogP contribution >= 0.6 is 11.6 Å². The smallest absolute Gasteiger partial charge is 0.343 e. The van der Waals surface area contributed by atoms with Gasteiger partial charge < -0.3 is 15.8 Å². The van der Waals surface area contributed by atoms with Crippen LogP contribution in [-0.4, -0.2) is 12.0 Å². The van der Waals surface area contributed by atoms with Crippen LogP contribution in [0.3, 0.4) is 0 Å². The number of esters is 1. The zero-order valence-electron chi connectivity index (χ0n) is 10.3. The Balaban J connectivity index is 2.17. The second-order valence-corrected chi connectivity index (χ2v) is 4.30. The summed E-state index contributed by atoms with van der Waals surface area (Å²) in [7, 11) is 0. The Labute approximate surface area is 120 Å². The van der Waals surface area contributed by atoms with E-state index < -0.39 is 12.0 Å². The molecule has 0 radical (unpaired) electrons. The summed E-state index contributed by atoms with van der Waals surface area (Å²) in [6, 6.07) is 12.2. The number of anilines is 1. The van der Waals surface area contributed by atoms with E-state index in [9.17, 15) is 9.59 Å². The van der Waals surface area contributed by atoms with Gasteiger partial charge in [0.05, 0.1) is 10.6 Å². The van der Waals surface area contributed by atoms with E-state index >= 15 is 0 Å². The monoisotopic (exact) mass is 290 g/mol. The molecule has 0 aliphatic carbocycles. The molecule has 0 saturated carbocycles. The molecule has 0 saturated heterocycles. The van der Waals surface area contributed by atoms with Crippen LogP contribution in [0.2, 0.25) is 5.02 Å². The number of ether oxygens (including phenoxy) is 1. The maximum Gasteiger partial charge on any atom is 0.343 e. The van der Waals surface area contributed by atoms with E-state index in [1.54, 1.807) is 42.5 Å². The van der Waals surface area contributed by atoms with Gasteiger partial charge in [-0.3, -0.25) is 0 Å². The Morgan fingerprint density at radius 3 is 2.55 bits per heavy atom. The molecule has 2 amide bonds. The van der Waals surface area contributed by atoms with Crippen molar-refractivity contribution in [2.45, 2.75) is 0 Å². The minimum atomic E-state index is -0.707. The number of primary amides is 1. The van der Waals surface area contributed by atoms with Crippen molar-refractivity contribution in [1.82, 2.24) is 0 Å². The first-order valence-corrected chi connectivity index (χ1v) is 6.07. The second kappa shape index (κ2) is 6.08. The SMILES string of the molecule is NC(=O)Nc1cccc(C(=O)Oc2ccccc2Cl)c1. The lowest BCUT2D eigenvalue weighted by Crippen LogP contribution is -2.19. The molecule has 0 atom stereocenters. The summed E-state index contributed by atoms with van der Waals surface area (Å²) in [6.45, 7) is 0. The fourth-order valence-electron chi connectivity index (χ4n) is 1.55. The Kier molecular flexibility index (Phi) is 4.22. The third-order valence-corrected chi connectivity index (χ3v) is 2.72. The summed E-state index contributed by atoms with van der Waals surface area (Å²) in [5, 5.41) is 2.72. The number of amides is 2. The van der Waals surface area contributed by atoms with Crippen LogP contribution in [0, 0.1) is 0 Å². The maximum absolute atomic E-state index is 12.0. The maximum atomic E-state index is 12.0. The second-order valence-electron chi connectivity index (χ2n) is 3.89. The lowest BCUT2D eigenvalue weighted by Gasteiger charge is -2.07. The summed E-state index contributed by atoms with van der Waals surface area (Å²) < 4.78 is 5.18. The van der Waals surface area contributed by atoms with Crippen LogP contribution in [0.4, 0.5) is 10.5 Å². The van der Waals surface area contributed by atoms with Crippen molar-refractivity contribution >= 4 is 29.3 Å². The number of hydrogen-bond acceptors (Lipinski definition) is 3. The van der Waals surface area contributed by atoms with Crippen LogP contribution in [0.15, 0.2) is 48.5 Å². The van der Waals surface area contributed by atoms with Gasteiger partial charge in [-0.25, -0.2) is 9.59 Å². The third-order valence-electron chi connectivity index (χ3n) is 2.41. The number of urea groups is 1. The molecule has 0 aliphatic heterocycles. The Bertz CT molecular complexity index is 658. The molecule has 2 aromatic rings. The molecular formula is C14H11ClN2O3. The van der Waals surface area contributed by atoms with E-state index in [-0.39, 0.29) is 11.3 Å². The molecule has 0 spiro atoms. The number of nitrogens with two attached hydrogens (primary N) is 1. The number of para-hydroxylation sites is 1. The van der Waals surface area contributed by atoms with Crippen LogP contribution in [-0.2, 0) is 0 Å². The number of hydrogen-bond donors (Lipinski definition) is 2. The van der Waals surface area contributed by atoms with Crippen LogP contribution in [0.25, 0.3) is 0 Å². The number of benzene rings is 2. The van der Waals surface area contributed by atoms with E-state index in [1.807, 2.05) is 0 Å². The minimum Gasteiger partial charge on any atom is -0.421 e. The predicted octanol–water partition coefficient (Wildman–Crippen LogP) is 3.05. The van der Waals surface area contributed by atoms with Gasteiger partial charge in [0.1, 0.15) is 5.75 Å². The van der Waals surface area contributed by atoms with Crippen molar-refractivity contribution in [3.05, 3.63) is 59.1 Å². The number of halogens is 1. The highest BCUT2D eigenvalue weighted by molar-refractivity contribution is 6.32. The van der Waals surface area contributed by atoms with Gasteiger partial charge in [0.2, 0.25) is 0 Å². The summed E-state index contributed by atoms with van der Waals surface area (Å²) in [5.41, 5.74) is 5.69. The molecule has 0 aromatic heterocycles.